The number of fused-ring (bicyclic) bond motifs is 1. The van der Waals surface area contributed by atoms with Gasteiger partial charge in [0.2, 0.25) is 5.91 Å². The molecule has 1 N–H and O–H groups in total. The van der Waals surface area contributed by atoms with Gasteiger partial charge in [0.15, 0.2) is 4.96 Å². The van der Waals surface area contributed by atoms with Crippen LogP contribution in [0.2, 0.25) is 0 Å². The van der Waals surface area contributed by atoms with Crippen LogP contribution >= 0.6 is 11.3 Å². The summed E-state index contributed by atoms with van der Waals surface area (Å²) in [6.07, 6.45) is 4.36. The van der Waals surface area contributed by atoms with E-state index >= 15 is 0 Å². The molecule has 5 nitrogen and oxygen atoms in total. The minimum atomic E-state index is -2.97. The average molecular weight is 429 g/mol. The number of nitrogens with zero attached hydrogens (tertiary/aromatic N) is 2. The number of para-hydroxylation sites is 1. The number of carbonyl (C=O) groups is 1. The van der Waals surface area contributed by atoms with E-state index in [1.807, 2.05) is 5.38 Å². The minimum Gasteiger partial charge on any atom is -0.434 e. The van der Waals surface area contributed by atoms with E-state index in [2.05, 4.69) is 15.0 Å². The van der Waals surface area contributed by atoms with Crippen molar-refractivity contribution in [3.05, 3.63) is 77.6 Å². The Morgan fingerprint density at radius 3 is 2.70 bits per heavy atom. The van der Waals surface area contributed by atoms with Crippen molar-refractivity contribution in [2.45, 2.75) is 6.61 Å². The number of aromatic nitrogens is 2. The summed E-state index contributed by atoms with van der Waals surface area (Å²) in [5.41, 5.74) is 1.47. The van der Waals surface area contributed by atoms with Crippen LogP contribution in [0.3, 0.4) is 0 Å². The fourth-order valence-corrected chi connectivity index (χ4v) is 3.57. The summed E-state index contributed by atoms with van der Waals surface area (Å²) in [5.74, 6) is -0.478. The molecular formula is C21H14F3N3O2S. The number of carbonyl (C=O) groups excluding carboxylic acids is 1. The monoisotopic (exact) mass is 429 g/mol. The second-order valence-electron chi connectivity index (χ2n) is 6.11. The first kappa shape index (κ1) is 19.7. The Balaban J connectivity index is 1.61. The lowest BCUT2D eigenvalue weighted by Crippen LogP contribution is -2.10. The van der Waals surface area contributed by atoms with Crippen LogP contribution < -0.4 is 10.1 Å². The number of halogens is 3. The van der Waals surface area contributed by atoms with Gasteiger partial charge in [-0.25, -0.2) is 9.37 Å². The van der Waals surface area contributed by atoms with Gasteiger partial charge in [0, 0.05) is 28.8 Å². The zero-order chi connectivity index (χ0) is 21.1. The second-order valence-corrected chi connectivity index (χ2v) is 6.98. The van der Waals surface area contributed by atoms with Crippen LogP contribution in [0.4, 0.5) is 19.0 Å². The molecule has 0 saturated carbocycles. The van der Waals surface area contributed by atoms with E-state index in [0.29, 0.717) is 27.6 Å². The molecule has 2 aromatic carbocycles. The van der Waals surface area contributed by atoms with Gasteiger partial charge in [-0.15, -0.1) is 11.3 Å². The highest BCUT2D eigenvalue weighted by Crippen LogP contribution is 2.31. The Bertz CT molecular complexity index is 1220. The number of imidazole rings is 1. The maximum absolute atomic E-state index is 13.3. The number of benzene rings is 2. The number of thiazole rings is 1. The summed E-state index contributed by atoms with van der Waals surface area (Å²) >= 11 is 1.39. The van der Waals surface area contributed by atoms with Gasteiger partial charge in [-0.2, -0.15) is 8.78 Å². The number of ether oxygens (including phenoxy) is 1. The van der Waals surface area contributed by atoms with Gasteiger partial charge in [-0.3, -0.25) is 9.20 Å². The molecule has 9 heteroatoms. The molecule has 30 heavy (non-hydrogen) atoms. The Kier molecular flexibility index (Phi) is 5.53. The average Bonchev–Trinajstić information content (AvgIpc) is 3.30. The van der Waals surface area contributed by atoms with Crippen molar-refractivity contribution in [2.24, 2.45) is 0 Å². The maximum atomic E-state index is 13.3. The number of alkyl halides is 2. The summed E-state index contributed by atoms with van der Waals surface area (Å²) in [6.45, 7) is -2.97. The molecule has 0 aliphatic carbocycles. The quantitative estimate of drug-likeness (QED) is 0.415. The summed E-state index contributed by atoms with van der Waals surface area (Å²) in [7, 11) is 0. The zero-order valence-electron chi connectivity index (χ0n) is 15.3. The highest BCUT2D eigenvalue weighted by atomic mass is 32.1. The molecule has 0 spiro atoms. The van der Waals surface area contributed by atoms with Gasteiger partial charge in [0.05, 0.1) is 0 Å². The Morgan fingerprint density at radius 1 is 1.17 bits per heavy atom. The number of nitrogens with one attached hydrogen (secondary N) is 1. The van der Waals surface area contributed by atoms with Crippen molar-refractivity contribution in [3.63, 3.8) is 0 Å². The fourth-order valence-electron chi connectivity index (χ4n) is 2.86. The summed E-state index contributed by atoms with van der Waals surface area (Å²) in [6, 6.07) is 11.9. The van der Waals surface area contributed by atoms with E-state index in [1.54, 1.807) is 40.9 Å². The molecule has 0 radical (unpaired) electrons. The highest BCUT2D eigenvalue weighted by molar-refractivity contribution is 7.15. The molecule has 2 heterocycles. The molecule has 0 unspecified atom stereocenters. The van der Waals surface area contributed by atoms with Crippen molar-refractivity contribution >= 4 is 34.1 Å². The molecule has 0 saturated heterocycles. The third kappa shape index (κ3) is 4.20. The van der Waals surface area contributed by atoms with Crippen LogP contribution in [0, 0.1) is 5.82 Å². The largest absolute Gasteiger partial charge is 0.434 e. The molecule has 0 aliphatic heterocycles. The third-order valence-electron chi connectivity index (χ3n) is 4.17. The van der Waals surface area contributed by atoms with Gasteiger partial charge in [0.1, 0.15) is 23.1 Å². The van der Waals surface area contributed by atoms with Crippen molar-refractivity contribution in [1.29, 1.82) is 0 Å². The van der Waals surface area contributed by atoms with Crippen molar-refractivity contribution in [2.75, 3.05) is 5.32 Å². The summed E-state index contributed by atoms with van der Waals surface area (Å²) in [5, 5.41) is 4.58. The lowest BCUT2D eigenvalue weighted by molar-refractivity contribution is -0.111. The fraction of sp³-hybridized carbons (Fsp3) is 0.0476. The van der Waals surface area contributed by atoms with Gasteiger partial charge in [0.25, 0.3) is 0 Å². The molecule has 0 aliphatic rings. The molecule has 4 rings (SSSR count). The maximum Gasteiger partial charge on any atom is 0.387 e. The van der Waals surface area contributed by atoms with E-state index in [0.717, 1.165) is 0 Å². The van der Waals surface area contributed by atoms with E-state index in [1.165, 1.54) is 41.7 Å². The van der Waals surface area contributed by atoms with Crippen LogP contribution in [-0.4, -0.2) is 21.9 Å². The normalized spacial score (nSPS) is 11.5. The van der Waals surface area contributed by atoms with Crippen molar-refractivity contribution in [3.8, 4) is 17.0 Å². The smallest absolute Gasteiger partial charge is 0.387 e. The van der Waals surface area contributed by atoms with Crippen LogP contribution in [0.5, 0.6) is 5.75 Å². The molecular weight excluding hydrogens is 415 g/mol. The SMILES string of the molecule is O=C(/C=C/c1ccccc1OC(F)F)Nc1c(-c2ccc(F)cc2)nc2sccn12. The first-order valence-electron chi connectivity index (χ1n) is 8.75. The number of amides is 1. The van der Waals surface area contributed by atoms with Gasteiger partial charge in [-0.05, 0) is 36.4 Å². The molecule has 0 atom stereocenters. The Hall–Kier alpha value is -3.59. The number of hydrogen-bond acceptors (Lipinski definition) is 4. The van der Waals surface area contributed by atoms with E-state index in [-0.39, 0.29) is 11.6 Å². The third-order valence-corrected chi connectivity index (χ3v) is 4.93. The number of hydrogen-bond donors (Lipinski definition) is 1. The molecule has 152 valence electrons. The summed E-state index contributed by atoms with van der Waals surface area (Å²) < 4.78 is 44.5. The molecule has 0 bridgehead atoms. The Labute approximate surface area is 173 Å². The lowest BCUT2D eigenvalue weighted by atomic mass is 10.1. The van der Waals surface area contributed by atoms with Crippen LogP contribution in [-0.2, 0) is 4.79 Å². The molecule has 4 aromatic rings. The number of anilines is 1. The first-order valence-corrected chi connectivity index (χ1v) is 9.63. The molecule has 1 amide bonds. The second kappa shape index (κ2) is 8.42. The van der Waals surface area contributed by atoms with Gasteiger partial charge >= 0.3 is 6.61 Å². The lowest BCUT2D eigenvalue weighted by Gasteiger charge is -2.07. The van der Waals surface area contributed by atoms with E-state index in [9.17, 15) is 18.0 Å². The predicted molar refractivity (Wildman–Crippen MR) is 109 cm³/mol. The van der Waals surface area contributed by atoms with Crippen LogP contribution in [0.1, 0.15) is 5.56 Å². The van der Waals surface area contributed by atoms with Crippen molar-refractivity contribution < 1.29 is 22.7 Å². The topological polar surface area (TPSA) is 55.6 Å². The zero-order valence-corrected chi connectivity index (χ0v) is 16.1. The van der Waals surface area contributed by atoms with Gasteiger partial charge < -0.3 is 10.1 Å². The summed E-state index contributed by atoms with van der Waals surface area (Å²) in [4.78, 5) is 17.7. The van der Waals surface area contributed by atoms with E-state index < -0.39 is 12.5 Å². The van der Waals surface area contributed by atoms with Crippen LogP contribution in [0.25, 0.3) is 22.3 Å². The molecule has 0 fully saturated rings. The van der Waals surface area contributed by atoms with Crippen LogP contribution in [0.15, 0.2) is 66.2 Å². The minimum absolute atomic E-state index is 0.0341. The predicted octanol–water partition coefficient (Wildman–Crippen LogP) is 5.46. The van der Waals surface area contributed by atoms with Gasteiger partial charge in [-0.1, -0.05) is 18.2 Å². The molecule has 2 aromatic heterocycles. The first-order chi connectivity index (χ1) is 14.5. The Morgan fingerprint density at radius 2 is 1.93 bits per heavy atom. The highest BCUT2D eigenvalue weighted by Gasteiger charge is 2.16. The number of rotatable bonds is 6. The van der Waals surface area contributed by atoms with Crippen molar-refractivity contribution in [1.82, 2.24) is 9.38 Å². The van der Waals surface area contributed by atoms with E-state index in [4.69, 9.17) is 0 Å². The standard InChI is InChI=1S/C21H14F3N3O2S/c22-15-8-5-14(6-9-15)18-19(27-11-12-30-21(27)26-18)25-17(28)10-7-13-3-1-2-4-16(13)29-20(23)24/h1-12,20H,(H,25,28)/b10-7+.